The van der Waals surface area contributed by atoms with E-state index in [4.69, 9.17) is 5.73 Å². The van der Waals surface area contributed by atoms with Gasteiger partial charge in [-0.1, -0.05) is 31.2 Å². The predicted molar refractivity (Wildman–Crippen MR) is 73.6 cm³/mol. The molecule has 0 unspecified atom stereocenters. The standard InChI is InChI=1S/C13H16BrN3/c1-3-9-4-6-10(7-5-9)12-13(14)16-11(8-15)17(12)2/h4-7H,3,8,15H2,1-2H3. The summed E-state index contributed by atoms with van der Waals surface area (Å²) in [5.74, 6) is 0.881. The van der Waals surface area contributed by atoms with Crippen molar-refractivity contribution in [1.82, 2.24) is 9.55 Å². The summed E-state index contributed by atoms with van der Waals surface area (Å²) in [6.45, 7) is 2.60. The number of nitrogens with two attached hydrogens (primary N) is 1. The second-order valence-corrected chi connectivity index (χ2v) is 4.73. The van der Waals surface area contributed by atoms with Crippen LogP contribution in [-0.2, 0) is 20.0 Å². The molecule has 1 aromatic heterocycles. The summed E-state index contributed by atoms with van der Waals surface area (Å²) in [7, 11) is 1.99. The van der Waals surface area contributed by atoms with E-state index in [1.165, 1.54) is 5.56 Å². The van der Waals surface area contributed by atoms with Crippen LogP contribution in [0, 0.1) is 0 Å². The SMILES string of the molecule is CCc1ccc(-c2c(Br)nc(CN)n2C)cc1. The highest BCUT2D eigenvalue weighted by molar-refractivity contribution is 9.10. The zero-order chi connectivity index (χ0) is 12.4. The molecule has 0 aliphatic rings. The molecule has 3 nitrogen and oxygen atoms in total. The molecule has 1 aromatic carbocycles. The fourth-order valence-corrected chi connectivity index (χ4v) is 2.60. The Morgan fingerprint density at radius 3 is 2.41 bits per heavy atom. The third-order valence-electron chi connectivity index (χ3n) is 2.96. The highest BCUT2D eigenvalue weighted by Gasteiger charge is 2.13. The van der Waals surface area contributed by atoms with Crippen LogP contribution in [0.5, 0.6) is 0 Å². The molecule has 0 fully saturated rings. The van der Waals surface area contributed by atoms with Crippen LogP contribution in [0.2, 0.25) is 0 Å². The van der Waals surface area contributed by atoms with Gasteiger partial charge in [0, 0.05) is 12.6 Å². The molecule has 0 aliphatic heterocycles. The van der Waals surface area contributed by atoms with Crippen LogP contribution in [-0.4, -0.2) is 9.55 Å². The summed E-state index contributed by atoms with van der Waals surface area (Å²) in [6.07, 6.45) is 1.06. The molecule has 0 aliphatic carbocycles. The van der Waals surface area contributed by atoms with Gasteiger partial charge in [0.25, 0.3) is 0 Å². The fraction of sp³-hybridized carbons (Fsp3) is 0.308. The minimum Gasteiger partial charge on any atom is -0.329 e. The summed E-state index contributed by atoms with van der Waals surface area (Å²) in [6, 6.07) is 8.55. The average Bonchev–Trinajstić information content (AvgIpc) is 2.64. The molecule has 0 saturated carbocycles. The van der Waals surface area contributed by atoms with Crippen molar-refractivity contribution in [2.75, 3.05) is 0 Å². The molecule has 4 heteroatoms. The smallest absolute Gasteiger partial charge is 0.132 e. The zero-order valence-electron chi connectivity index (χ0n) is 10.1. The Morgan fingerprint density at radius 1 is 1.29 bits per heavy atom. The number of imidazole rings is 1. The molecule has 0 amide bonds. The van der Waals surface area contributed by atoms with Gasteiger partial charge in [-0.2, -0.15) is 0 Å². The minimum absolute atomic E-state index is 0.447. The largest absolute Gasteiger partial charge is 0.329 e. The summed E-state index contributed by atoms with van der Waals surface area (Å²) in [5, 5.41) is 0. The van der Waals surface area contributed by atoms with Gasteiger partial charge >= 0.3 is 0 Å². The number of nitrogens with zero attached hydrogens (tertiary/aromatic N) is 2. The molecule has 1 heterocycles. The zero-order valence-corrected chi connectivity index (χ0v) is 11.7. The van der Waals surface area contributed by atoms with Crippen molar-refractivity contribution in [1.29, 1.82) is 0 Å². The lowest BCUT2D eigenvalue weighted by Gasteiger charge is -2.06. The van der Waals surface area contributed by atoms with E-state index in [-0.39, 0.29) is 0 Å². The lowest BCUT2D eigenvalue weighted by Crippen LogP contribution is -2.05. The van der Waals surface area contributed by atoms with E-state index >= 15 is 0 Å². The third-order valence-corrected chi connectivity index (χ3v) is 3.52. The van der Waals surface area contributed by atoms with Crippen LogP contribution in [0.1, 0.15) is 18.3 Å². The summed E-state index contributed by atoms with van der Waals surface area (Å²) < 4.78 is 2.88. The Bertz CT molecular complexity index is 514. The van der Waals surface area contributed by atoms with Crippen LogP contribution >= 0.6 is 15.9 Å². The van der Waals surface area contributed by atoms with Crippen LogP contribution in [0.25, 0.3) is 11.3 Å². The summed E-state index contributed by atoms with van der Waals surface area (Å²) in [4.78, 5) is 4.40. The number of halogens is 1. The van der Waals surface area contributed by atoms with Crippen LogP contribution in [0.3, 0.4) is 0 Å². The first-order valence-electron chi connectivity index (χ1n) is 5.67. The maximum Gasteiger partial charge on any atom is 0.132 e. The monoisotopic (exact) mass is 293 g/mol. The molecule has 0 saturated heterocycles. The van der Waals surface area contributed by atoms with Crippen LogP contribution in [0.4, 0.5) is 0 Å². The quantitative estimate of drug-likeness (QED) is 0.946. The molecule has 2 aromatic rings. The Kier molecular flexibility index (Phi) is 3.64. The normalized spacial score (nSPS) is 10.8. The predicted octanol–water partition coefficient (Wildman–Crippen LogP) is 2.87. The minimum atomic E-state index is 0.447. The molecule has 17 heavy (non-hydrogen) atoms. The van der Waals surface area contributed by atoms with Crippen LogP contribution < -0.4 is 5.73 Å². The number of benzene rings is 1. The Balaban J connectivity index is 2.48. The maximum absolute atomic E-state index is 5.65. The van der Waals surface area contributed by atoms with Crippen molar-refractivity contribution in [3.05, 3.63) is 40.3 Å². The summed E-state index contributed by atoms with van der Waals surface area (Å²) >= 11 is 3.49. The van der Waals surface area contributed by atoms with Gasteiger partial charge in [-0.05, 0) is 27.9 Å². The summed E-state index contributed by atoms with van der Waals surface area (Å²) in [5.41, 5.74) is 9.22. The van der Waals surface area contributed by atoms with E-state index < -0.39 is 0 Å². The number of aryl methyl sites for hydroxylation is 1. The van der Waals surface area contributed by atoms with Gasteiger partial charge in [-0.3, -0.25) is 0 Å². The van der Waals surface area contributed by atoms with Crippen molar-refractivity contribution >= 4 is 15.9 Å². The highest BCUT2D eigenvalue weighted by Crippen LogP contribution is 2.28. The van der Waals surface area contributed by atoms with E-state index in [0.29, 0.717) is 6.54 Å². The molecule has 0 atom stereocenters. The topological polar surface area (TPSA) is 43.8 Å². The van der Waals surface area contributed by atoms with Crippen molar-refractivity contribution in [3.8, 4) is 11.3 Å². The van der Waals surface area contributed by atoms with E-state index in [9.17, 15) is 0 Å². The van der Waals surface area contributed by atoms with Crippen molar-refractivity contribution in [2.45, 2.75) is 19.9 Å². The Labute approximate surface area is 110 Å². The van der Waals surface area contributed by atoms with Gasteiger partial charge in [0.15, 0.2) is 0 Å². The first-order chi connectivity index (χ1) is 8.17. The highest BCUT2D eigenvalue weighted by atomic mass is 79.9. The number of hydrogen-bond acceptors (Lipinski definition) is 2. The lowest BCUT2D eigenvalue weighted by atomic mass is 10.1. The molecule has 2 rings (SSSR count). The molecule has 90 valence electrons. The van der Waals surface area contributed by atoms with Crippen molar-refractivity contribution < 1.29 is 0 Å². The van der Waals surface area contributed by atoms with Gasteiger partial charge < -0.3 is 10.3 Å². The van der Waals surface area contributed by atoms with E-state index in [0.717, 1.165) is 28.1 Å². The molecule has 0 radical (unpaired) electrons. The number of hydrogen-bond donors (Lipinski definition) is 1. The van der Waals surface area contributed by atoms with E-state index in [1.807, 2.05) is 11.6 Å². The maximum atomic E-state index is 5.65. The first kappa shape index (κ1) is 12.3. The second kappa shape index (κ2) is 5.02. The lowest BCUT2D eigenvalue weighted by molar-refractivity contribution is 0.798. The molecular formula is C13H16BrN3. The average molecular weight is 294 g/mol. The first-order valence-corrected chi connectivity index (χ1v) is 6.47. The molecular weight excluding hydrogens is 278 g/mol. The Hall–Kier alpha value is -1.13. The van der Waals surface area contributed by atoms with Crippen molar-refractivity contribution in [3.63, 3.8) is 0 Å². The van der Waals surface area contributed by atoms with Crippen LogP contribution in [0.15, 0.2) is 28.9 Å². The number of rotatable bonds is 3. The Morgan fingerprint density at radius 2 is 1.94 bits per heavy atom. The van der Waals surface area contributed by atoms with E-state index in [2.05, 4.69) is 52.1 Å². The molecule has 2 N–H and O–H groups in total. The van der Waals surface area contributed by atoms with Gasteiger partial charge in [-0.25, -0.2) is 4.98 Å². The van der Waals surface area contributed by atoms with Gasteiger partial charge in [0.2, 0.25) is 0 Å². The second-order valence-electron chi connectivity index (χ2n) is 3.98. The number of aromatic nitrogens is 2. The van der Waals surface area contributed by atoms with E-state index in [1.54, 1.807) is 0 Å². The molecule has 0 spiro atoms. The fourth-order valence-electron chi connectivity index (χ4n) is 1.90. The third kappa shape index (κ3) is 2.28. The van der Waals surface area contributed by atoms with Gasteiger partial charge in [0.05, 0.1) is 12.2 Å². The molecule has 0 bridgehead atoms. The van der Waals surface area contributed by atoms with Gasteiger partial charge in [0.1, 0.15) is 10.4 Å². The van der Waals surface area contributed by atoms with Crippen molar-refractivity contribution in [2.24, 2.45) is 12.8 Å². The van der Waals surface area contributed by atoms with Gasteiger partial charge in [-0.15, -0.1) is 0 Å².